The second kappa shape index (κ2) is 7.19. The van der Waals surface area contributed by atoms with E-state index in [0.29, 0.717) is 10.9 Å². The molecule has 0 saturated heterocycles. The van der Waals surface area contributed by atoms with E-state index in [1.165, 1.54) is 0 Å². The summed E-state index contributed by atoms with van der Waals surface area (Å²) in [6, 6.07) is 5.56. The fraction of sp³-hybridized carbons (Fsp3) is 0.400. The molecule has 0 atom stereocenters. The lowest BCUT2D eigenvalue weighted by atomic mass is 10.1. The summed E-state index contributed by atoms with van der Waals surface area (Å²) < 4.78 is 0. The standard InChI is InChI=1S/C15H20ClNO2/c1-4-17(10-11(2)3)14-7-6-13(16)9-12(14)5-8-15(18)19/h5-9,11H,4,10H2,1-3H3,(H,18,19)/b8-5+. The monoisotopic (exact) mass is 281 g/mol. The molecular weight excluding hydrogens is 262 g/mol. The van der Waals surface area contributed by atoms with Gasteiger partial charge in [0.15, 0.2) is 0 Å². The van der Waals surface area contributed by atoms with Gasteiger partial charge in [0, 0.05) is 29.9 Å². The number of carboxylic acid groups (broad SMARTS) is 1. The second-order valence-electron chi connectivity index (χ2n) is 4.81. The summed E-state index contributed by atoms with van der Waals surface area (Å²) in [5, 5.41) is 9.35. The van der Waals surface area contributed by atoms with Gasteiger partial charge in [-0.2, -0.15) is 0 Å². The van der Waals surface area contributed by atoms with Gasteiger partial charge in [-0.3, -0.25) is 0 Å². The van der Waals surface area contributed by atoms with Gasteiger partial charge in [0.2, 0.25) is 0 Å². The maximum Gasteiger partial charge on any atom is 0.328 e. The number of anilines is 1. The molecule has 0 heterocycles. The number of halogens is 1. The molecule has 3 nitrogen and oxygen atoms in total. The minimum Gasteiger partial charge on any atom is -0.478 e. The molecule has 0 fully saturated rings. The highest BCUT2D eigenvalue weighted by Gasteiger charge is 2.10. The quantitative estimate of drug-likeness (QED) is 0.804. The van der Waals surface area contributed by atoms with Crippen LogP contribution in [0.1, 0.15) is 26.3 Å². The van der Waals surface area contributed by atoms with Crippen LogP contribution in [0.3, 0.4) is 0 Å². The molecule has 0 saturated carbocycles. The molecule has 1 N–H and O–H groups in total. The van der Waals surface area contributed by atoms with Crippen LogP contribution in [0.2, 0.25) is 5.02 Å². The summed E-state index contributed by atoms with van der Waals surface area (Å²) in [6.45, 7) is 8.19. The van der Waals surface area contributed by atoms with Gasteiger partial charge >= 0.3 is 5.97 Å². The minimum atomic E-state index is -0.960. The number of hydrogen-bond acceptors (Lipinski definition) is 2. The van der Waals surface area contributed by atoms with Crippen molar-refractivity contribution in [1.29, 1.82) is 0 Å². The first-order valence-electron chi connectivity index (χ1n) is 6.39. The molecule has 4 heteroatoms. The Morgan fingerprint density at radius 2 is 2.16 bits per heavy atom. The first-order valence-corrected chi connectivity index (χ1v) is 6.77. The topological polar surface area (TPSA) is 40.5 Å². The van der Waals surface area contributed by atoms with E-state index in [1.807, 2.05) is 12.1 Å². The highest BCUT2D eigenvalue weighted by Crippen LogP contribution is 2.26. The maximum absolute atomic E-state index is 10.7. The van der Waals surface area contributed by atoms with Crippen molar-refractivity contribution in [2.45, 2.75) is 20.8 Å². The normalized spacial score (nSPS) is 11.2. The largest absolute Gasteiger partial charge is 0.478 e. The average molecular weight is 282 g/mol. The molecule has 0 aliphatic rings. The molecule has 19 heavy (non-hydrogen) atoms. The summed E-state index contributed by atoms with van der Waals surface area (Å²) in [7, 11) is 0. The molecule has 0 unspecified atom stereocenters. The third-order valence-corrected chi connectivity index (χ3v) is 2.94. The van der Waals surface area contributed by atoms with Gasteiger partial charge in [-0.25, -0.2) is 4.79 Å². The van der Waals surface area contributed by atoms with Crippen molar-refractivity contribution in [3.05, 3.63) is 34.9 Å². The molecule has 0 aromatic heterocycles. The Bertz CT molecular complexity index is 469. The van der Waals surface area contributed by atoms with Gasteiger partial charge < -0.3 is 10.0 Å². The van der Waals surface area contributed by atoms with Crippen molar-refractivity contribution < 1.29 is 9.90 Å². The van der Waals surface area contributed by atoms with E-state index < -0.39 is 5.97 Å². The van der Waals surface area contributed by atoms with Gasteiger partial charge in [-0.15, -0.1) is 0 Å². The molecular formula is C15H20ClNO2. The second-order valence-corrected chi connectivity index (χ2v) is 5.24. The zero-order valence-electron chi connectivity index (χ0n) is 11.6. The molecule has 0 radical (unpaired) electrons. The lowest BCUT2D eigenvalue weighted by Gasteiger charge is -2.27. The van der Waals surface area contributed by atoms with Gasteiger partial charge in [0.1, 0.15) is 0 Å². The van der Waals surface area contributed by atoms with Crippen molar-refractivity contribution in [2.24, 2.45) is 5.92 Å². The van der Waals surface area contributed by atoms with Gasteiger partial charge in [0.25, 0.3) is 0 Å². The van der Waals surface area contributed by atoms with Crippen molar-refractivity contribution in [1.82, 2.24) is 0 Å². The van der Waals surface area contributed by atoms with Crippen LogP contribution >= 0.6 is 11.6 Å². The average Bonchev–Trinajstić information content (AvgIpc) is 2.33. The zero-order valence-corrected chi connectivity index (χ0v) is 12.3. The lowest BCUT2D eigenvalue weighted by molar-refractivity contribution is -0.131. The van der Waals surface area contributed by atoms with Crippen LogP contribution in [0, 0.1) is 5.92 Å². The van der Waals surface area contributed by atoms with Crippen LogP contribution in [0.4, 0.5) is 5.69 Å². The fourth-order valence-corrected chi connectivity index (χ4v) is 2.13. The van der Waals surface area contributed by atoms with E-state index in [1.54, 1.807) is 12.1 Å². The van der Waals surface area contributed by atoms with Crippen LogP contribution in [0.15, 0.2) is 24.3 Å². The molecule has 0 aliphatic carbocycles. The Morgan fingerprint density at radius 1 is 1.47 bits per heavy atom. The van der Waals surface area contributed by atoms with Gasteiger partial charge in [0.05, 0.1) is 0 Å². The van der Waals surface area contributed by atoms with Crippen molar-refractivity contribution in [2.75, 3.05) is 18.0 Å². The number of hydrogen-bond donors (Lipinski definition) is 1. The van der Waals surface area contributed by atoms with Crippen LogP contribution in [-0.4, -0.2) is 24.2 Å². The maximum atomic E-state index is 10.7. The highest BCUT2D eigenvalue weighted by atomic mass is 35.5. The third-order valence-electron chi connectivity index (χ3n) is 2.70. The summed E-state index contributed by atoms with van der Waals surface area (Å²) in [4.78, 5) is 12.9. The summed E-state index contributed by atoms with van der Waals surface area (Å²) in [6.07, 6.45) is 2.73. The Morgan fingerprint density at radius 3 is 2.68 bits per heavy atom. The number of carbonyl (C=O) groups is 1. The highest BCUT2D eigenvalue weighted by molar-refractivity contribution is 6.30. The number of aliphatic carboxylic acids is 1. The van der Waals surface area contributed by atoms with Crippen molar-refractivity contribution >= 4 is 29.3 Å². The summed E-state index contributed by atoms with van der Waals surface area (Å²) >= 11 is 5.99. The van der Waals surface area contributed by atoms with Crippen LogP contribution in [-0.2, 0) is 4.79 Å². The number of carboxylic acids is 1. The van der Waals surface area contributed by atoms with E-state index in [2.05, 4.69) is 25.7 Å². The van der Waals surface area contributed by atoms with E-state index in [0.717, 1.165) is 30.4 Å². The molecule has 104 valence electrons. The molecule has 1 rings (SSSR count). The molecule has 1 aromatic carbocycles. The van der Waals surface area contributed by atoms with E-state index in [4.69, 9.17) is 16.7 Å². The Kier molecular flexibility index (Phi) is 5.90. The van der Waals surface area contributed by atoms with E-state index in [9.17, 15) is 4.79 Å². The Balaban J connectivity index is 3.13. The predicted octanol–water partition coefficient (Wildman–Crippen LogP) is 3.92. The third kappa shape index (κ3) is 4.95. The number of rotatable bonds is 6. The van der Waals surface area contributed by atoms with Crippen LogP contribution in [0.25, 0.3) is 6.08 Å². The zero-order chi connectivity index (χ0) is 14.4. The number of benzene rings is 1. The first kappa shape index (κ1) is 15.6. The summed E-state index contributed by atoms with van der Waals surface area (Å²) in [5.41, 5.74) is 1.84. The van der Waals surface area contributed by atoms with Gasteiger partial charge in [-0.1, -0.05) is 25.4 Å². The fourth-order valence-electron chi connectivity index (χ4n) is 1.95. The first-order chi connectivity index (χ1) is 8.93. The molecule has 0 bridgehead atoms. The van der Waals surface area contributed by atoms with E-state index >= 15 is 0 Å². The predicted molar refractivity (Wildman–Crippen MR) is 80.8 cm³/mol. The minimum absolute atomic E-state index is 0.534. The lowest BCUT2D eigenvalue weighted by Crippen LogP contribution is -2.27. The SMILES string of the molecule is CCN(CC(C)C)c1ccc(Cl)cc1/C=C/C(=O)O. The Hall–Kier alpha value is -1.48. The smallest absolute Gasteiger partial charge is 0.328 e. The van der Waals surface area contributed by atoms with Crippen molar-refractivity contribution in [3.63, 3.8) is 0 Å². The molecule has 0 spiro atoms. The molecule has 1 aromatic rings. The Labute approximate surface area is 119 Å². The van der Waals surface area contributed by atoms with Gasteiger partial charge in [-0.05, 0) is 42.7 Å². The van der Waals surface area contributed by atoms with E-state index in [-0.39, 0.29) is 0 Å². The summed E-state index contributed by atoms with van der Waals surface area (Å²) in [5.74, 6) is -0.426. The number of nitrogens with zero attached hydrogens (tertiary/aromatic N) is 1. The van der Waals surface area contributed by atoms with Crippen molar-refractivity contribution in [3.8, 4) is 0 Å². The molecule has 0 amide bonds. The van der Waals surface area contributed by atoms with Crippen LogP contribution in [0.5, 0.6) is 0 Å². The van der Waals surface area contributed by atoms with Crippen LogP contribution < -0.4 is 4.90 Å². The molecule has 0 aliphatic heterocycles.